The molecule has 0 spiro atoms. The number of anilines is 1. The number of aromatic carboxylic acids is 1. The molecule has 0 aliphatic rings. The first-order valence-electron chi connectivity index (χ1n) is 6.60. The quantitative estimate of drug-likeness (QED) is 0.940. The van der Waals surface area contributed by atoms with Crippen molar-refractivity contribution in [3.8, 4) is 0 Å². The van der Waals surface area contributed by atoms with Gasteiger partial charge in [0.2, 0.25) is 0 Å². The van der Waals surface area contributed by atoms with Crippen LogP contribution < -0.4 is 4.90 Å². The molecule has 4 nitrogen and oxygen atoms in total. The Morgan fingerprint density at radius 2 is 1.57 bits per heavy atom. The van der Waals surface area contributed by atoms with Crippen molar-refractivity contribution in [3.63, 3.8) is 0 Å². The molecule has 2 rings (SSSR count). The molecular formula is C17H17NO3. The summed E-state index contributed by atoms with van der Waals surface area (Å²) in [5.74, 6) is -1.27. The van der Waals surface area contributed by atoms with Crippen LogP contribution >= 0.6 is 0 Å². The minimum Gasteiger partial charge on any atom is -0.478 e. The van der Waals surface area contributed by atoms with Gasteiger partial charge in [0.1, 0.15) is 0 Å². The Kier molecular flexibility index (Phi) is 4.08. The van der Waals surface area contributed by atoms with Crippen molar-refractivity contribution >= 4 is 17.6 Å². The van der Waals surface area contributed by atoms with Crippen molar-refractivity contribution in [2.45, 2.75) is 13.8 Å². The summed E-state index contributed by atoms with van der Waals surface area (Å²) in [4.78, 5) is 25.3. The molecule has 1 amide bonds. The topological polar surface area (TPSA) is 57.6 Å². The lowest BCUT2D eigenvalue weighted by Gasteiger charge is -2.20. The Labute approximate surface area is 123 Å². The fourth-order valence-corrected chi connectivity index (χ4v) is 2.22. The Morgan fingerprint density at radius 1 is 0.952 bits per heavy atom. The van der Waals surface area contributed by atoms with Crippen molar-refractivity contribution in [1.82, 2.24) is 0 Å². The monoisotopic (exact) mass is 283 g/mol. The highest BCUT2D eigenvalue weighted by atomic mass is 16.4. The zero-order valence-corrected chi connectivity index (χ0v) is 12.3. The average Bonchev–Trinajstić information content (AvgIpc) is 2.48. The largest absolute Gasteiger partial charge is 0.478 e. The molecule has 0 radical (unpaired) electrons. The number of carbonyl (C=O) groups excluding carboxylic acids is 1. The summed E-state index contributed by atoms with van der Waals surface area (Å²) in [6.45, 7) is 3.83. The first-order chi connectivity index (χ1) is 9.93. The Hall–Kier alpha value is -2.62. The highest BCUT2D eigenvalue weighted by Crippen LogP contribution is 2.23. The van der Waals surface area contributed by atoms with E-state index in [1.165, 1.54) is 11.0 Å². The standard InChI is InChI=1S/C17H17NO3/c1-11-7-6-9-13(12(11)2)16(19)18(3)15-10-5-4-8-14(15)17(20)21/h4-10H,1-3H3,(H,20,21). The van der Waals surface area contributed by atoms with Gasteiger partial charge in [0, 0.05) is 12.6 Å². The van der Waals surface area contributed by atoms with E-state index >= 15 is 0 Å². The van der Waals surface area contributed by atoms with Gasteiger partial charge < -0.3 is 10.0 Å². The summed E-state index contributed by atoms with van der Waals surface area (Å²) >= 11 is 0. The van der Waals surface area contributed by atoms with E-state index in [-0.39, 0.29) is 11.5 Å². The van der Waals surface area contributed by atoms with E-state index in [0.717, 1.165) is 11.1 Å². The summed E-state index contributed by atoms with van der Waals surface area (Å²) in [5.41, 5.74) is 3.01. The highest BCUT2D eigenvalue weighted by molar-refractivity contribution is 6.09. The summed E-state index contributed by atoms with van der Waals surface area (Å²) in [5, 5.41) is 9.23. The summed E-state index contributed by atoms with van der Waals surface area (Å²) in [7, 11) is 1.59. The van der Waals surface area contributed by atoms with Crippen LogP contribution in [-0.2, 0) is 0 Å². The van der Waals surface area contributed by atoms with Gasteiger partial charge in [0.15, 0.2) is 0 Å². The molecule has 0 aliphatic heterocycles. The smallest absolute Gasteiger partial charge is 0.337 e. The van der Waals surface area contributed by atoms with Crippen LogP contribution in [0.3, 0.4) is 0 Å². The second-order valence-electron chi connectivity index (χ2n) is 4.93. The van der Waals surface area contributed by atoms with Crippen LogP contribution in [0, 0.1) is 13.8 Å². The predicted molar refractivity (Wildman–Crippen MR) is 82.1 cm³/mol. The lowest BCUT2D eigenvalue weighted by molar-refractivity contribution is 0.0697. The van der Waals surface area contributed by atoms with E-state index in [2.05, 4.69) is 0 Å². The number of carboxylic acids is 1. The Morgan fingerprint density at radius 3 is 2.24 bits per heavy atom. The van der Waals surface area contributed by atoms with Crippen LogP contribution in [-0.4, -0.2) is 24.0 Å². The number of benzene rings is 2. The number of carbonyl (C=O) groups is 2. The molecule has 108 valence electrons. The minimum atomic E-state index is -1.05. The first kappa shape index (κ1) is 14.8. The maximum atomic E-state index is 12.6. The van der Waals surface area contributed by atoms with Gasteiger partial charge in [0.25, 0.3) is 5.91 Å². The van der Waals surface area contributed by atoms with E-state index in [1.807, 2.05) is 26.0 Å². The number of nitrogens with zero attached hydrogens (tertiary/aromatic N) is 1. The van der Waals surface area contributed by atoms with E-state index in [0.29, 0.717) is 11.3 Å². The van der Waals surface area contributed by atoms with Gasteiger partial charge in [-0.15, -0.1) is 0 Å². The number of hydrogen-bond acceptors (Lipinski definition) is 2. The summed E-state index contributed by atoms with van der Waals surface area (Å²) < 4.78 is 0. The molecule has 0 bridgehead atoms. The molecule has 0 saturated carbocycles. The zero-order chi connectivity index (χ0) is 15.6. The second kappa shape index (κ2) is 5.79. The molecule has 0 heterocycles. The van der Waals surface area contributed by atoms with Gasteiger partial charge in [-0.2, -0.15) is 0 Å². The number of aryl methyl sites for hydroxylation is 1. The molecule has 0 aromatic heterocycles. The lowest BCUT2D eigenvalue weighted by atomic mass is 10.0. The van der Waals surface area contributed by atoms with Crippen molar-refractivity contribution in [3.05, 3.63) is 64.7 Å². The average molecular weight is 283 g/mol. The van der Waals surface area contributed by atoms with E-state index in [9.17, 15) is 14.7 Å². The predicted octanol–water partition coefficient (Wildman–Crippen LogP) is 3.28. The zero-order valence-electron chi connectivity index (χ0n) is 12.3. The molecule has 4 heteroatoms. The molecule has 0 saturated heterocycles. The molecule has 1 N–H and O–H groups in total. The molecule has 0 atom stereocenters. The fourth-order valence-electron chi connectivity index (χ4n) is 2.22. The first-order valence-corrected chi connectivity index (χ1v) is 6.60. The van der Waals surface area contributed by atoms with Crippen molar-refractivity contribution in [2.75, 3.05) is 11.9 Å². The number of rotatable bonds is 3. The van der Waals surface area contributed by atoms with Gasteiger partial charge >= 0.3 is 5.97 Å². The van der Waals surface area contributed by atoms with Gasteiger partial charge in [-0.25, -0.2) is 4.79 Å². The SMILES string of the molecule is Cc1cccc(C(=O)N(C)c2ccccc2C(=O)O)c1C. The molecule has 0 aliphatic carbocycles. The maximum absolute atomic E-state index is 12.6. The Balaban J connectivity index is 2.45. The second-order valence-corrected chi connectivity index (χ2v) is 4.93. The molecule has 2 aromatic carbocycles. The fraction of sp³-hybridized carbons (Fsp3) is 0.176. The summed E-state index contributed by atoms with van der Waals surface area (Å²) in [6.07, 6.45) is 0. The molecule has 21 heavy (non-hydrogen) atoms. The van der Waals surface area contributed by atoms with Crippen molar-refractivity contribution in [1.29, 1.82) is 0 Å². The Bertz CT molecular complexity index is 707. The summed E-state index contributed by atoms with van der Waals surface area (Å²) in [6, 6.07) is 12.0. The van der Waals surface area contributed by atoms with Crippen LogP contribution in [0.1, 0.15) is 31.8 Å². The van der Waals surface area contributed by atoms with E-state index in [1.54, 1.807) is 31.3 Å². The normalized spacial score (nSPS) is 10.2. The third-order valence-electron chi connectivity index (χ3n) is 3.64. The highest BCUT2D eigenvalue weighted by Gasteiger charge is 2.20. The van der Waals surface area contributed by atoms with Crippen LogP contribution in [0.4, 0.5) is 5.69 Å². The van der Waals surface area contributed by atoms with Crippen LogP contribution in [0.15, 0.2) is 42.5 Å². The van der Waals surface area contributed by atoms with Crippen LogP contribution in [0.2, 0.25) is 0 Å². The maximum Gasteiger partial charge on any atom is 0.337 e. The van der Waals surface area contributed by atoms with Crippen LogP contribution in [0.25, 0.3) is 0 Å². The molecule has 2 aromatic rings. The van der Waals surface area contributed by atoms with Gasteiger partial charge in [-0.05, 0) is 43.2 Å². The third kappa shape index (κ3) is 2.79. The third-order valence-corrected chi connectivity index (χ3v) is 3.64. The number of carboxylic acid groups (broad SMARTS) is 1. The van der Waals surface area contributed by atoms with Crippen molar-refractivity contribution in [2.24, 2.45) is 0 Å². The molecular weight excluding hydrogens is 266 g/mol. The number of amides is 1. The molecule has 0 unspecified atom stereocenters. The van der Waals surface area contributed by atoms with Gasteiger partial charge in [-0.3, -0.25) is 4.79 Å². The lowest BCUT2D eigenvalue weighted by Crippen LogP contribution is -2.28. The molecule has 0 fully saturated rings. The van der Waals surface area contributed by atoms with Crippen molar-refractivity contribution < 1.29 is 14.7 Å². The van der Waals surface area contributed by atoms with Gasteiger partial charge in [0.05, 0.1) is 11.3 Å². The number of para-hydroxylation sites is 1. The minimum absolute atomic E-state index is 0.110. The number of hydrogen-bond donors (Lipinski definition) is 1. The van der Waals surface area contributed by atoms with E-state index < -0.39 is 5.97 Å². The van der Waals surface area contributed by atoms with E-state index in [4.69, 9.17) is 0 Å². The van der Waals surface area contributed by atoms with Crippen LogP contribution in [0.5, 0.6) is 0 Å². The van der Waals surface area contributed by atoms with Gasteiger partial charge in [-0.1, -0.05) is 24.3 Å².